The molecule has 1 aromatic carbocycles. The third-order valence-electron chi connectivity index (χ3n) is 1.99. The number of nitriles is 1. The molecule has 2 aromatic rings. The number of ether oxygens (including phenoxy) is 1. The van der Waals surface area contributed by atoms with Gasteiger partial charge in [0.25, 0.3) is 5.95 Å². The fraction of sp³-hybridized carbons (Fsp3) is 0.100. The highest BCUT2D eigenvalue weighted by Crippen LogP contribution is 2.15. The lowest BCUT2D eigenvalue weighted by molar-refractivity contribution is 0.367. The summed E-state index contributed by atoms with van der Waals surface area (Å²) in [5.74, 6) is 0.635. The van der Waals surface area contributed by atoms with Gasteiger partial charge in [0.15, 0.2) is 6.61 Å². The number of anilines is 1. The molecule has 18 heavy (non-hydrogen) atoms. The first-order chi connectivity index (χ1) is 8.81. The van der Waals surface area contributed by atoms with Crippen molar-refractivity contribution in [2.75, 3.05) is 12.3 Å². The molecule has 0 saturated carbocycles. The second kappa shape index (κ2) is 5.40. The molecule has 90 valence electrons. The molecule has 2 N–H and O–H groups in total. The first kappa shape index (κ1) is 11.5. The minimum atomic E-state index is -0.0299. The third-order valence-corrected chi connectivity index (χ3v) is 1.99. The third kappa shape index (κ3) is 2.59. The molecule has 0 spiro atoms. The summed E-state index contributed by atoms with van der Waals surface area (Å²) in [6, 6.07) is 9.05. The van der Waals surface area contributed by atoms with E-state index in [4.69, 9.17) is 15.7 Å². The summed E-state index contributed by atoms with van der Waals surface area (Å²) in [5.41, 5.74) is 6.16. The molecule has 0 bridgehead atoms. The maximum absolute atomic E-state index is 8.48. The van der Waals surface area contributed by atoms with Crippen LogP contribution in [0.5, 0.6) is 5.75 Å². The van der Waals surface area contributed by atoms with Gasteiger partial charge in [-0.05, 0) is 22.6 Å². The topological polar surface area (TPSA) is 115 Å². The summed E-state index contributed by atoms with van der Waals surface area (Å²) in [4.78, 5) is 1.08. The summed E-state index contributed by atoms with van der Waals surface area (Å²) >= 11 is 0. The van der Waals surface area contributed by atoms with Crippen LogP contribution >= 0.6 is 0 Å². The standard InChI is InChI=1S/C10H9N7O/c11-5-6-18-9-4-2-1-3-8(9)7-13-17-10(12)14-15-16-17/h1-4,7H,6H2,(H2,12,14,16). The highest BCUT2D eigenvalue weighted by molar-refractivity contribution is 5.83. The fourth-order valence-electron chi connectivity index (χ4n) is 1.22. The van der Waals surface area contributed by atoms with Gasteiger partial charge in [0, 0.05) is 5.56 Å². The highest BCUT2D eigenvalue weighted by Gasteiger charge is 2.01. The molecule has 1 heterocycles. The van der Waals surface area contributed by atoms with E-state index in [2.05, 4.69) is 20.6 Å². The molecule has 0 aliphatic rings. The Morgan fingerprint density at radius 2 is 2.33 bits per heavy atom. The number of rotatable bonds is 4. The van der Waals surface area contributed by atoms with Crippen LogP contribution < -0.4 is 10.5 Å². The molecule has 0 amide bonds. The van der Waals surface area contributed by atoms with Gasteiger partial charge in [0.05, 0.1) is 6.21 Å². The zero-order valence-corrected chi connectivity index (χ0v) is 9.26. The number of hydrogen-bond acceptors (Lipinski definition) is 7. The van der Waals surface area contributed by atoms with Crippen molar-refractivity contribution in [3.05, 3.63) is 29.8 Å². The maximum Gasteiger partial charge on any atom is 0.263 e. The van der Waals surface area contributed by atoms with Crippen LogP contribution in [-0.2, 0) is 0 Å². The SMILES string of the molecule is N#CCOc1ccccc1C=Nn1nnnc1N. The lowest BCUT2D eigenvalue weighted by atomic mass is 10.2. The normalized spacial score (nSPS) is 10.4. The van der Waals surface area contributed by atoms with Crippen molar-refractivity contribution in [2.45, 2.75) is 0 Å². The number of para-hydroxylation sites is 1. The van der Waals surface area contributed by atoms with Gasteiger partial charge >= 0.3 is 0 Å². The van der Waals surface area contributed by atoms with Crippen molar-refractivity contribution < 1.29 is 4.74 Å². The van der Waals surface area contributed by atoms with E-state index in [0.717, 1.165) is 4.79 Å². The van der Waals surface area contributed by atoms with E-state index < -0.39 is 0 Å². The van der Waals surface area contributed by atoms with Gasteiger partial charge < -0.3 is 10.5 Å². The molecule has 2 rings (SSSR count). The van der Waals surface area contributed by atoms with Gasteiger partial charge in [-0.25, -0.2) is 0 Å². The summed E-state index contributed by atoms with van der Waals surface area (Å²) < 4.78 is 5.24. The lowest BCUT2D eigenvalue weighted by Gasteiger charge is -2.04. The first-order valence-corrected chi connectivity index (χ1v) is 4.98. The van der Waals surface area contributed by atoms with Crippen LogP contribution in [0, 0.1) is 11.3 Å². The zero-order valence-electron chi connectivity index (χ0n) is 9.26. The van der Waals surface area contributed by atoms with Gasteiger partial charge in [0.2, 0.25) is 0 Å². The summed E-state index contributed by atoms with van der Waals surface area (Å²) in [7, 11) is 0. The maximum atomic E-state index is 8.48. The number of benzene rings is 1. The van der Waals surface area contributed by atoms with Crippen LogP contribution in [0.15, 0.2) is 29.4 Å². The van der Waals surface area contributed by atoms with E-state index in [-0.39, 0.29) is 12.6 Å². The molecule has 8 heteroatoms. The molecule has 0 aliphatic heterocycles. The number of nitrogens with zero attached hydrogens (tertiary/aromatic N) is 6. The fourth-order valence-corrected chi connectivity index (χ4v) is 1.22. The predicted octanol–water partition coefficient (Wildman–Crippen LogP) is 0.0399. The van der Waals surface area contributed by atoms with Crippen molar-refractivity contribution in [1.29, 1.82) is 5.26 Å². The second-order valence-corrected chi connectivity index (χ2v) is 3.16. The molecule has 1 aromatic heterocycles. The van der Waals surface area contributed by atoms with E-state index in [1.807, 2.05) is 12.1 Å². The molecule has 0 atom stereocenters. The number of aromatic nitrogens is 4. The van der Waals surface area contributed by atoms with Crippen molar-refractivity contribution >= 4 is 12.2 Å². The number of nitrogens with two attached hydrogens (primary N) is 1. The number of hydrogen-bond donors (Lipinski definition) is 1. The number of tetrazole rings is 1. The largest absolute Gasteiger partial charge is 0.478 e. The van der Waals surface area contributed by atoms with Crippen LogP contribution in [0.4, 0.5) is 5.95 Å². The minimum Gasteiger partial charge on any atom is -0.478 e. The van der Waals surface area contributed by atoms with E-state index in [1.54, 1.807) is 18.2 Å². The lowest BCUT2D eigenvalue weighted by Crippen LogP contribution is -2.01. The van der Waals surface area contributed by atoms with Crippen LogP contribution in [0.1, 0.15) is 5.56 Å². The molecule has 0 saturated heterocycles. The Balaban J connectivity index is 2.21. The van der Waals surface area contributed by atoms with E-state index >= 15 is 0 Å². The van der Waals surface area contributed by atoms with Gasteiger partial charge in [-0.3, -0.25) is 0 Å². The van der Waals surface area contributed by atoms with Gasteiger partial charge in [-0.2, -0.15) is 10.4 Å². The van der Waals surface area contributed by atoms with Crippen LogP contribution in [0.25, 0.3) is 0 Å². The van der Waals surface area contributed by atoms with E-state index in [9.17, 15) is 0 Å². The summed E-state index contributed by atoms with van der Waals surface area (Å²) in [5, 5.41) is 22.9. The molecular formula is C10H9N7O. The Hall–Kier alpha value is -2.95. The molecule has 0 aliphatic carbocycles. The average Bonchev–Trinajstić information content (AvgIpc) is 2.80. The van der Waals surface area contributed by atoms with Crippen LogP contribution in [0.3, 0.4) is 0 Å². The Morgan fingerprint density at radius 3 is 3.06 bits per heavy atom. The highest BCUT2D eigenvalue weighted by atomic mass is 16.5. The van der Waals surface area contributed by atoms with Gasteiger partial charge in [0.1, 0.15) is 11.8 Å². The molecular weight excluding hydrogens is 234 g/mol. The first-order valence-electron chi connectivity index (χ1n) is 4.98. The second-order valence-electron chi connectivity index (χ2n) is 3.16. The Kier molecular flexibility index (Phi) is 3.46. The Labute approximate surface area is 102 Å². The quantitative estimate of drug-likeness (QED) is 0.758. The van der Waals surface area contributed by atoms with E-state index in [1.165, 1.54) is 6.21 Å². The van der Waals surface area contributed by atoms with Crippen LogP contribution in [-0.4, -0.2) is 33.1 Å². The van der Waals surface area contributed by atoms with Gasteiger partial charge in [-0.1, -0.05) is 22.0 Å². The Morgan fingerprint density at radius 1 is 1.50 bits per heavy atom. The summed E-state index contributed by atoms with van der Waals surface area (Å²) in [6.45, 7) is -0.0299. The van der Waals surface area contributed by atoms with E-state index in [0.29, 0.717) is 11.3 Å². The molecule has 0 radical (unpaired) electrons. The molecule has 8 nitrogen and oxygen atoms in total. The predicted molar refractivity (Wildman–Crippen MR) is 62.8 cm³/mol. The molecule has 0 fully saturated rings. The van der Waals surface area contributed by atoms with Crippen molar-refractivity contribution in [1.82, 2.24) is 20.3 Å². The van der Waals surface area contributed by atoms with Crippen molar-refractivity contribution in [2.24, 2.45) is 5.10 Å². The smallest absolute Gasteiger partial charge is 0.263 e. The van der Waals surface area contributed by atoms with Crippen molar-refractivity contribution in [3.63, 3.8) is 0 Å². The zero-order chi connectivity index (χ0) is 12.8. The summed E-state index contributed by atoms with van der Waals surface area (Å²) in [6.07, 6.45) is 1.50. The minimum absolute atomic E-state index is 0.0299. The monoisotopic (exact) mass is 243 g/mol. The number of nitrogen functional groups attached to an aromatic ring is 1. The average molecular weight is 243 g/mol. The van der Waals surface area contributed by atoms with Crippen LogP contribution in [0.2, 0.25) is 0 Å². The Bertz CT molecular complexity index is 598. The van der Waals surface area contributed by atoms with Gasteiger partial charge in [-0.15, -0.1) is 0 Å². The molecule has 0 unspecified atom stereocenters. The van der Waals surface area contributed by atoms with Crippen molar-refractivity contribution in [3.8, 4) is 11.8 Å².